The average molecular weight is 353 g/mol. The van der Waals surface area contributed by atoms with Crippen LogP contribution < -0.4 is 10.1 Å². The molecule has 0 saturated heterocycles. The molecule has 1 atom stereocenters. The number of amides is 3. The van der Waals surface area contributed by atoms with E-state index in [0.29, 0.717) is 18.5 Å². The van der Waals surface area contributed by atoms with E-state index in [0.717, 1.165) is 11.3 Å². The summed E-state index contributed by atoms with van der Waals surface area (Å²) in [5.74, 6) is -2.38. The molecule has 7 nitrogen and oxygen atoms in total. The summed E-state index contributed by atoms with van der Waals surface area (Å²) in [5.41, 5.74) is 1.68. The number of hydrogen-bond donors (Lipinski definition) is 1. The lowest BCUT2D eigenvalue weighted by Gasteiger charge is -2.29. The zero-order valence-electron chi connectivity index (χ0n) is 14.6. The quantitative estimate of drug-likeness (QED) is 0.806. The van der Waals surface area contributed by atoms with E-state index in [1.54, 1.807) is 26.2 Å². The summed E-state index contributed by atoms with van der Waals surface area (Å²) >= 11 is 0. The van der Waals surface area contributed by atoms with Gasteiger partial charge in [-0.15, -0.1) is 0 Å². The molecule has 2 aliphatic rings. The van der Waals surface area contributed by atoms with Gasteiger partial charge in [0.2, 0.25) is 5.91 Å². The molecule has 0 bridgehead atoms. The van der Waals surface area contributed by atoms with E-state index in [2.05, 4.69) is 10.3 Å². The van der Waals surface area contributed by atoms with E-state index in [9.17, 15) is 14.4 Å². The molecule has 3 rings (SSSR count). The molecular weight excluding hydrogens is 334 g/mol. The van der Waals surface area contributed by atoms with Crippen LogP contribution >= 0.6 is 0 Å². The van der Waals surface area contributed by atoms with E-state index in [1.165, 1.54) is 11.1 Å². The molecule has 7 heteroatoms. The number of rotatable bonds is 5. The van der Waals surface area contributed by atoms with Gasteiger partial charge in [-0.05, 0) is 42.7 Å². The molecule has 2 heterocycles. The Balaban J connectivity index is 1.64. The predicted octanol–water partition coefficient (Wildman–Crippen LogP) is 1.21. The highest BCUT2D eigenvalue weighted by molar-refractivity contribution is 6.28. The van der Waals surface area contributed by atoms with Gasteiger partial charge in [0, 0.05) is 12.7 Å². The topological polar surface area (TPSA) is 88.1 Å². The number of aliphatic imine (C=N–C) groups is 1. The maximum atomic E-state index is 12.5. The molecule has 1 unspecified atom stereocenters. The smallest absolute Gasteiger partial charge is 0.269 e. The Labute approximate surface area is 151 Å². The average Bonchev–Trinajstić information content (AvgIpc) is 2.63. The van der Waals surface area contributed by atoms with Crippen molar-refractivity contribution in [2.24, 2.45) is 10.9 Å². The molecule has 134 valence electrons. The number of allylic oxidation sites excluding steroid dienone is 2. The third kappa shape index (κ3) is 3.42. The number of nitrogens with zero attached hydrogens (tertiary/aromatic N) is 2. The molecule has 0 radical (unpaired) electrons. The highest BCUT2D eigenvalue weighted by Crippen LogP contribution is 2.21. The van der Waals surface area contributed by atoms with Crippen LogP contribution in [0.5, 0.6) is 5.75 Å². The zero-order chi connectivity index (χ0) is 18.7. The van der Waals surface area contributed by atoms with Crippen LogP contribution in [0, 0.1) is 5.92 Å². The van der Waals surface area contributed by atoms with Crippen LogP contribution in [-0.4, -0.2) is 42.1 Å². The van der Waals surface area contributed by atoms with E-state index in [1.807, 2.05) is 24.3 Å². The van der Waals surface area contributed by atoms with Gasteiger partial charge in [0.1, 0.15) is 11.6 Å². The molecule has 26 heavy (non-hydrogen) atoms. The Hall–Kier alpha value is -3.22. The van der Waals surface area contributed by atoms with Crippen molar-refractivity contribution in [2.75, 3.05) is 13.7 Å². The molecule has 0 fully saturated rings. The van der Waals surface area contributed by atoms with Gasteiger partial charge in [-0.3, -0.25) is 19.3 Å². The number of methoxy groups -OCH3 is 1. The molecule has 1 aromatic carbocycles. The minimum atomic E-state index is -1.44. The first-order valence-corrected chi connectivity index (χ1v) is 8.23. The van der Waals surface area contributed by atoms with Gasteiger partial charge in [-0.1, -0.05) is 18.2 Å². The zero-order valence-corrected chi connectivity index (χ0v) is 14.6. The second kappa shape index (κ2) is 7.35. The lowest BCUT2D eigenvalue weighted by molar-refractivity contribution is -0.144. The highest BCUT2D eigenvalue weighted by atomic mass is 16.5. The van der Waals surface area contributed by atoms with Gasteiger partial charge >= 0.3 is 0 Å². The summed E-state index contributed by atoms with van der Waals surface area (Å²) in [7, 11) is 1.59. The van der Waals surface area contributed by atoms with Crippen molar-refractivity contribution in [3.63, 3.8) is 0 Å². The van der Waals surface area contributed by atoms with Crippen molar-refractivity contribution in [3.05, 3.63) is 53.8 Å². The van der Waals surface area contributed by atoms with Crippen LogP contribution in [0.3, 0.4) is 0 Å². The Morgan fingerprint density at radius 3 is 2.92 bits per heavy atom. The summed E-state index contributed by atoms with van der Waals surface area (Å²) in [6.45, 7) is 2.05. The van der Waals surface area contributed by atoms with Gasteiger partial charge in [-0.2, -0.15) is 4.99 Å². The number of fused-ring (bicyclic) bond motifs is 1. The number of carbonyl (C=O) groups is 3. The van der Waals surface area contributed by atoms with Crippen LogP contribution in [0.1, 0.15) is 12.5 Å². The van der Waals surface area contributed by atoms with Crippen molar-refractivity contribution in [3.8, 4) is 5.75 Å². The standard InChI is InChI=1S/C19H19N3O4/c1-12-5-4-10-22-16(12)21-18(24)15(19(22)25)17(23)20-9-8-13-6-3-7-14(11-13)26-2/h3-7,10-11,15H,8-9H2,1-2H3,(H,20,23). The van der Waals surface area contributed by atoms with Gasteiger partial charge < -0.3 is 10.1 Å². The summed E-state index contributed by atoms with van der Waals surface area (Å²) < 4.78 is 5.16. The van der Waals surface area contributed by atoms with E-state index in [4.69, 9.17) is 4.74 Å². The monoisotopic (exact) mass is 353 g/mol. The Morgan fingerprint density at radius 1 is 1.35 bits per heavy atom. The van der Waals surface area contributed by atoms with Crippen molar-refractivity contribution < 1.29 is 19.1 Å². The van der Waals surface area contributed by atoms with Crippen molar-refractivity contribution in [1.82, 2.24) is 10.2 Å². The maximum Gasteiger partial charge on any atom is 0.269 e. The largest absolute Gasteiger partial charge is 0.497 e. The summed E-state index contributed by atoms with van der Waals surface area (Å²) in [5, 5.41) is 2.65. The van der Waals surface area contributed by atoms with E-state index < -0.39 is 23.6 Å². The van der Waals surface area contributed by atoms with Crippen molar-refractivity contribution in [1.29, 1.82) is 0 Å². The molecule has 0 spiro atoms. The molecule has 0 aromatic heterocycles. The Bertz CT molecular complexity index is 854. The first-order chi connectivity index (χ1) is 12.5. The third-order valence-corrected chi connectivity index (χ3v) is 4.22. The minimum absolute atomic E-state index is 0.280. The number of benzene rings is 1. The van der Waals surface area contributed by atoms with Gasteiger partial charge in [0.05, 0.1) is 7.11 Å². The maximum absolute atomic E-state index is 12.5. The van der Waals surface area contributed by atoms with Crippen LogP contribution in [0.4, 0.5) is 0 Å². The second-order valence-corrected chi connectivity index (χ2v) is 6.00. The summed E-state index contributed by atoms with van der Waals surface area (Å²) in [6, 6.07) is 7.47. The summed E-state index contributed by atoms with van der Waals surface area (Å²) in [6.07, 6.45) is 5.50. The van der Waals surface area contributed by atoms with Gasteiger partial charge in [0.25, 0.3) is 11.8 Å². The van der Waals surface area contributed by atoms with Crippen LogP contribution in [0.15, 0.2) is 53.2 Å². The fraction of sp³-hybridized carbons (Fsp3) is 0.263. The third-order valence-electron chi connectivity index (χ3n) is 4.22. The molecule has 1 aromatic rings. The normalized spacial score (nSPS) is 18.8. The molecule has 3 amide bonds. The van der Waals surface area contributed by atoms with Gasteiger partial charge in [-0.25, -0.2) is 0 Å². The lowest BCUT2D eigenvalue weighted by Crippen LogP contribution is -2.51. The number of nitrogens with one attached hydrogen (secondary N) is 1. The molecule has 1 N–H and O–H groups in total. The lowest BCUT2D eigenvalue weighted by atomic mass is 10.0. The predicted molar refractivity (Wildman–Crippen MR) is 95.4 cm³/mol. The SMILES string of the molecule is COc1cccc(CCNC(=O)C2C(=O)N=C3C(C)=CC=CN3C2=O)c1. The number of ether oxygens (including phenoxy) is 1. The molecule has 0 aliphatic carbocycles. The van der Waals surface area contributed by atoms with Crippen molar-refractivity contribution >= 4 is 23.6 Å². The first kappa shape index (κ1) is 17.6. The van der Waals surface area contributed by atoms with E-state index >= 15 is 0 Å². The van der Waals surface area contributed by atoms with E-state index in [-0.39, 0.29) is 5.84 Å². The van der Waals surface area contributed by atoms with Crippen LogP contribution in [0.2, 0.25) is 0 Å². The number of carbonyl (C=O) groups excluding carboxylic acids is 3. The van der Waals surface area contributed by atoms with Crippen LogP contribution in [-0.2, 0) is 20.8 Å². The van der Waals surface area contributed by atoms with Crippen LogP contribution in [0.25, 0.3) is 0 Å². The fourth-order valence-electron chi connectivity index (χ4n) is 2.83. The highest BCUT2D eigenvalue weighted by Gasteiger charge is 2.42. The molecular formula is C19H19N3O4. The minimum Gasteiger partial charge on any atom is -0.497 e. The van der Waals surface area contributed by atoms with Gasteiger partial charge in [0.15, 0.2) is 5.92 Å². The van der Waals surface area contributed by atoms with Crippen molar-refractivity contribution in [2.45, 2.75) is 13.3 Å². The first-order valence-electron chi connectivity index (χ1n) is 8.23. The number of amidine groups is 1. The Kier molecular flexibility index (Phi) is 4.97. The number of hydrogen-bond acceptors (Lipinski definition) is 4. The molecule has 2 aliphatic heterocycles. The molecule has 0 saturated carbocycles. The fourth-order valence-corrected chi connectivity index (χ4v) is 2.83. The summed E-state index contributed by atoms with van der Waals surface area (Å²) in [4.78, 5) is 42.3. The Morgan fingerprint density at radius 2 is 2.15 bits per heavy atom. The second-order valence-electron chi connectivity index (χ2n) is 6.00.